The lowest BCUT2D eigenvalue weighted by molar-refractivity contribution is -0.132. The lowest BCUT2D eigenvalue weighted by Gasteiger charge is -2.24. The van der Waals surface area contributed by atoms with Gasteiger partial charge < -0.3 is 15.7 Å². The molecule has 0 saturated heterocycles. The van der Waals surface area contributed by atoms with Crippen LogP contribution in [0, 0.1) is 6.92 Å². The van der Waals surface area contributed by atoms with Gasteiger partial charge in [0, 0.05) is 10.2 Å². The quantitative estimate of drug-likeness (QED) is 0.551. The van der Waals surface area contributed by atoms with Crippen molar-refractivity contribution < 1.29 is 14.7 Å². The third kappa shape index (κ3) is 3.79. The summed E-state index contributed by atoms with van der Waals surface area (Å²) < 4.78 is 2.53. The zero-order valence-electron chi connectivity index (χ0n) is 15.4. The zero-order chi connectivity index (χ0) is 20.5. The minimum absolute atomic E-state index is 0.00414. The van der Waals surface area contributed by atoms with Gasteiger partial charge in [0.25, 0.3) is 5.91 Å². The smallest absolute Gasteiger partial charge is 0.352 e. The van der Waals surface area contributed by atoms with Crippen LogP contribution in [0.5, 0.6) is 0 Å². The highest BCUT2D eigenvalue weighted by Gasteiger charge is 2.29. The Kier molecular flexibility index (Phi) is 4.94. The van der Waals surface area contributed by atoms with Crippen LogP contribution in [0.2, 0.25) is 0 Å². The molecule has 1 amide bonds. The molecule has 3 aromatic rings. The molecule has 1 aliphatic heterocycles. The Morgan fingerprint density at radius 1 is 1.21 bits per heavy atom. The van der Waals surface area contributed by atoms with Crippen molar-refractivity contribution in [3.05, 3.63) is 87.7 Å². The predicted molar refractivity (Wildman–Crippen MR) is 113 cm³/mol. The van der Waals surface area contributed by atoms with Crippen LogP contribution in [0.4, 0.5) is 11.5 Å². The molecule has 4 rings (SSSR count). The SMILES string of the molecule is Cc1cccc(NC(=O)c2cnn3c2NC(C(=O)O)=C[C@H]3c2ccc(Br)cc2)c1. The molecule has 0 spiro atoms. The van der Waals surface area contributed by atoms with E-state index in [0.29, 0.717) is 11.5 Å². The number of carbonyl (C=O) groups is 2. The van der Waals surface area contributed by atoms with Gasteiger partial charge in [0.2, 0.25) is 0 Å². The van der Waals surface area contributed by atoms with Crippen molar-refractivity contribution in [2.75, 3.05) is 10.6 Å². The number of benzene rings is 2. The fourth-order valence-corrected chi connectivity index (χ4v) is 3.47. The standard InChI is InChI=1S/C21H17BrN4O3/c1-12-3-2-4-15(9-12)24-20(27)16-11-23-26-18(13-5-7-14(22)8-6-13)10-17(21(28)29)25-19(16)26/h2-11,18,25H,1H3,(H,24,27)(H,28,29)/t18-/m0/s1. The molecule has 0 aliphatic carbocycles. The second-order valence-corrected chi connectivity index (χ2v) is 7.60. The average molecular weight is 453 g/mol. The second kappa shape index (κ2) is 7.56. The van der Waals surface area contributed by atoms with Crippen LogP contribution in [0.3, 0.4) is 0 Å². The summed E-state index contributed by atoms with van der Waals surface area (Å²) >= 11 is 3.40. The second-order valence-electron chi connectivity index (χ2n) is 6.68. The monoisotopic (exact) mass is 452 g/mol. The lowest BCUT2D eigenvalue weighted by Crippen LogP contribution is -2.25. The van der Waals surface area contributed by atoms with Crippen LogP contribution >= 0.6 is 15.9 Å². The number of carbonyl (C=O) groups excluding carboxylic acids is 1. The summed E-state index contributed by atoms with van der Waals surface area (Å²) in [6.45, 7) is 1.94. The zero-order valence-corrected chi connectivity index (χ0v) is 17.0. The van der Waals surface area contributed by atoms with Gasteiger partial charge in [0.1, 0.15) is 17.1 Å². The Labute approximate surface area is 175 Å². The van der Waals surface area contributed by atoms with E-state index >= 15 is 0 Å². The highest BCUT2D eigenvalue weighted by atomic mass is 79.9. The molecule has 3 N–H and O–H groups in total. The summed E-state index contributed by atoms with van der Waals surface area (Å²) in [5.74, 6) is -1.14. The number of rotatable bonds is 4. The first-order valence-electron chi connectivity index (χ1n) is 8.85. The van der Waals surface area contributed by atoms with E-state index in [9.17, 15) is 14.7 Å². The van der Waals surface area contributed by atoms with Crippen molar-refractivity contribution in [1.29, 1.82) is 0 Å². The van der Waals surface area contributed by atoms with Crippen LogP contribution in [-0.4, -0.2) is 26.8 Å². The minimum Gasteiger partial charge on any atom is -0.477 e. The maximum Gasteiger partial charge on any atom is 0.352 e. The number of carboxylic acid groups (broad SMARTS) is 1. The Bertz CT molecular complexity index is 1140. The molecule has 29 heavy (non-hydrogen) atoms. The van der Waals surface area contributed by atoms with E-state index in [0.717, 1.165) is 15.6 Å². The number of fused-ring (bicyclic) bond motifs is 1. The molecule has 0 radical (unpaired) electrons. The number of aliphatic carboxylic acids is 1. The number of hydrogen-bond acceptors (Lipinski definition) is 4. The Morgan fingerprint density at radius 2 is 1.97 bits per heavy atom. The van der Waals surface area contributed by atoms with E-state index in [-0.39, 0.29) is 17.2 Å². The van der Waals surface area contributed by atoms with Gasteiger partial charge in [-0.3, -0.25) is 4.79 Å². The van der Waals surface area contributed by atoms with Crippen molar-refractivity contribution in [1.82, 2.24) is 9.78 Å². The van der Waals surface area contributed by atoms with Gasteiger partial charge in [-0.05, 0) is 48.4 Å². The van der Waals surface area contributed by atoms with Gasteiger partial charge in [-0.15, -0.1) is 0 Å². The third-order valence-corrected chi connectivity index (χ3v) is 5.13. The minimum atomic E-state index is -1.11. The van der Waals surface area contributed by atoms with Gasteiger partial charge >= 0.3 is 5.97 Å². The first kappa shape index (κ1) is 18.9. The number of aromatic nitrogens is 2. The number of nitrogens with one attached hydrogen (secondary N) is 2. The van der Waals surface area contributed by atoms with Gasteiger partial charge in [0.05, 0.1) is 12.2 Å². The van der Waals surface area contributed by atoms with Crippen LogP contribution in [0.1, 0.15) is 27.5 Å². The molecule has 146 valence electrons. The van der Waals surface area contributed by atoms with Crippen molar-refractivity contribution >= 4 is 39.3 Å². The molecule has 2 aromatic carbocycles. The van der Waals surface area contributed by atoms with E-state index in [2.05, 4.69) is 31.7 Å². The van der Waals surface area contributed by atoms with Crippen LogP contribution in [0.15, 0.2) is 71.0 Å². The van der Waals surface area contributed by atoms with Crippen molar-refractivity contribution in [3.8, 4) is 0 Å². The normalized spacial score (nSPS) is 15.1. The number of nitrogens with zero attached hydrogens (tertiary/aromatic N) is 2. The summed E-state index contributed by atoms with van der Waals surface area (Å²) in [6.07, 6.45) is 3.02. The Morgan fingerprint density at radius 3 is 2.66 bits per heavy atom. The van der Waals surface area contributed by atoms with Crippen LogP contribution in [-0.2, 0) is 4.79 Å². The molecular formula is C21H17BrN4O3. The van der Waals surface area contributed by atoms with Crippen molar-refractivity contribution in [2.45, 2.75) is 13.0 Å². The van der Waals surface area contributed by atoms with E-state index in [1.54, 1.807) is 16.8 Å². The molecule has 7 nitrogen and oxygen atoms in total. The molecule has 8 heteroatoms. The Hall–Kier alpha value is -3.39. The first-order valence-corrected chi connectivity index (χ1v) is 9.65. The molecule has 0 bridgehead atoms. The van der Waals surface area contributed by atoms with E-state index < -0.39 is 12.0 Å². The maximum absolute atomic E-state index is 12.8. The third-order valence-electron chi connectivity index (χ3n) is 4.60. The van der Waals surface area contributed by atoms with E-state index in [4.69, 9.17) is 0 Å². The maximum atomic E-state index is 12.8. The van der Waals surface area contributed by atoms with Crippen molar-refractivity contribution in [3.63, 3.8) is 0 Å². The number of allylic oxidation sites excluding steroid dienone is 1. The fourth-order valence-electron chi connectivity index (χ4n) is 3.20. The average Bonchev–Trinajstić information content (AvgIpc) is 3.12. The topological polar surface area (TPSA) is 96.3 Å². The number of anilines is 2. The molecule has 0 unspecified atom stereocenters. The van der Waals surface area contributed by atoms with Gasteiger partial charge in [-0.1, -0.05) is 40.2 Å². The Balaban J connectivity index is 1.72. The molecule has 1 aromatic heterocycles. The summed E-state index contributed by atoms with van der Waals surface area (Å²) in [4.78, 5) is 24.5. The van der Waals surface area contributed by atoms with Gasteiger partial charge in [-0.2, -0.15) is 5.10 Å². The number of amides is 1. The van der Waals surface area contributed by atoms with E-state index in [1.165, 1.54) is 6.20 Å². The molecular weight excluding hydrogens is 436 g/mol. The number of hydrogen-bond donors (Lipinski definition) is 3. The highest BCUT2D eigenvalue weighted by Crippen LogP contribution is 2.33. The summed E-state index contributed by atoms with van der Waals surface area (Å²) in [5.41, 5.74) is 2.79. The molecule has 2 heterocycles. The predicted octanol–water partition coefficient (Wildman–Crippen LogP) is 4.19. The van der Waals surface area contributed by atoms with Gasteiger partial charge in [0.15, 0.2) is 0 Å². The number of halogens is 1. The van der Waals surface area contributed by atoms with Gasteiger partial charge in [-0.25, -0.2) is 9.48 Å². The number of carboxylic acids is 1. The number of aryl methyl sites for hydroxylation is 1. The molecule has 1 aliphatic rings. The summed E-state index contributed by atoms with van der Waals surface area (Å²) in [7, 11) is 0. The summed E-state index contributed by atoms with van der Waals surface area (Å²) in [6, 6.07) is 14.5. The molecule has 0 saturated carbocycles. The lowest BCUT2D eigenvalue weighted by atomic mass is 10.0. The largest absolute Gasteiger partial charge is 0.477 e. The fraction of sp³-hybridized carbons (Fsp3) is 0.0952. The van der Waals surface area contributed by atoms with Crippen molar-refractivity contribution in [2.24, 2.45) is 0 Å². The summed E-state index contributed by atoms with van der Waals surface area (Å²) in [5, 5.41) is 19.6. The van der Waals surface area contributed by atoms with Crippen LogP contribution < -0.4 is 10.6 Å². The van der Waals surface area contributed by atoms with E-state index in [1.807, 2.05) is 49.4 Å². The molecule has 0 fully saturated rings. The first-order chi connectivity index (χ1) is 13.9. The highest BCUT2D eigenvalue weighted by molar-refractivity contribution is 9.10. The van der Waals surface area contributed by atoms with Crippen LogP contribution in [0.25, 0.3) is 0 Å². The molecule has 1 atom stereocenters.